The van der Waals surface area contributed by atoms with E-state index in [4.69, 9.17) is 4.74 Å². The molecule has 1 aliphatic heterocycles. The molecule has 0 radical (unpaired) electrons. The molecule has 22 heavy (non-hydrogen) atoms. The Hall–Kier alpha value is -1.55. The molecule has 120 valence electrons. The van der Waals surface area contributed by atoms with Crippen LogP contribution in [0.5, 0.6) is 0 Å². The third-order valence-electron chi connectivity index (χ3n) is 5.18. The lowest BCUT2D eigenvalue weighted by atomic mass is 9.85. The van der Waals surface area contributed by atoms with Crippen LogP contribution in [0.3, 0.4) is 0 Å². The van der Waals surface area contributed by atoms with E-state index >= 15 is 0 Å². The molecule has 1 amide bonds. The maximum Gasteiger partial charge on any atom is 0.410 e. The SMILES string of the molecule is O=C(OCc1ccccc1)N1CCC(O)C12CCCCCC2. The number of hydrogen-bond donors (Lipinski definition) is 1. The number of ether oxygens (including phenoxy) is 1. The molecule has 1 spiro atoms. The maximum atomic E-state index is 12.5. The van der Waals surface area contributed by atoms with E-state index in [-0.39, 0.29) is 11.6 Å². The predicted molar refractivity (Wildman–Crippen MR) is 84.4 cm³/mol. The Morgan fingerprint density at radius 1 is 1.18 bits per heavy atom. The maximum absolute atomic E-state index is 12.5. The van der Waals surface area contributed by atoms with Gasteiger partial charge in [0.15, 0.2) is 0 Å². The quantitative estimate of drug-likeness (QED) is 0.910. The van der Waals surface area contributed by atoms with Gasteiger partial charge < -0.3 is 9.84 Å². The van der Waals surface area contributed by atoms with Gasteiger partial charge in [0.05, 0.1) is 11.6 Å². The number of aliphatic hydroxyl groups excluding tert-OH is 1. The largest absolute Gasteiger partial charge is 0.445 e. The molecule has 2 fully saturated rings. The normalized spacial score (nSPS) is 24.2. The van der Waals surface area contributed by atoms with Crippen LogP contribution in [-0.2, 0) is 11.3 Å². The number of hydrogen-bond acceptors (Lipinski definition) is 3. The molecule has 1 saturated carbocycles. The number of carbonyl (C=O) groups excluding carboxylic acids is 1. The van der Waals surface area contributed by atoms with Gasteiger partial charge in [-0.15, -0.1) is 0 Å². The van der Waals surface area contributed by atoms with Crippen LogP contribution in [0.4, 0.5) is 4.79 Å². The van der Waals surface area contributed by atoms with Crippen LogP contribution in [0.15, 0.2) is 30.3 Å². The van der Waals surface area contributed by atoms with Gasteiger partial charge in [-0.05, 0) is 24.8 Å². The summed E-state index contributed by atoms with van der Waals surface area (Å²) in [6, 6.07) is 9.73. The van der Waals surface area contributed by atoms with Crippen molar-refractivity contribution < 1.29 is 14.6 Å². The highest BCUT2D eigenvalue weighted by Crippen LogP contribution is 2.41. The summed E-state index contributed by atoms with van der Waals surface area (Å²) < 4.78 is 5.50. The topological polar surface area (TPSA) is 49.8 Å². The first-order valence-corrected chi connectivity index (χ1v) is 8.39. The van der Waals surface area contributed by atoms with E-state index in [9.17, 15) is 9.90 Å². The zero-order chi connectivity index (χ0) is 15.4. The molecule has 1 heterocycles. The highest BCUT2D eigenvalue weighted by Gasteiger charge is 2.50. The third-order valence-corrected chi connectivity index (χ3v) is 5.18. The lowest BCUT2D eigenvalue weighted by Gasteiger charge is -2.39. The average molecular weight is 303 g/mol. The summed E-state index contributed by atoms with van der Waals surface area (Å²) in [4.78, 5) is 14.4. The predicted octanol–water partition coefficient (Wildman–Crippen LogP) is 3.48. The van der Waals surface area contributed by atoms with Crippen molar-refractivity contribution in [3.8, 4) is 0 Å². The van der Waals surface area contributed by atoms with E-state index in [0.29, 0.717) is 19.6 Å². The second-order valence-corrected chi connectivity index (χ2v) is 6.51. The van der Waals surface area contributed by atoms with Gasteiger partial charge in [0, 0.05) is 6.54 Å². The van der Waals surface area contributed by atoms with Gasteiger partial charge in [0.1, 0.15) is 6.61 Å². The highest BCUT2D eigenvalue weighted by atomic mass is 16.6. The summed E-state index contributed by atoms with van der Waals surface area (Å²) >= 11 is 0. The molecule has 3 rings (SSSR count). The monoisotopic (exact) mass is 303 g/mol. The van der Waals surface area contributed by atoms with Crippen LogP contribution in [0, 0.1) is 0 Å². The molecule has 0 bridgehead atoms. The fourth-order valence-corrected chi connectivity index (χ4v) is 3.94. The van der Waals surface area contributed by atoms with Crippen LogP contribution in [0.2, 0.25) is 0 Å². The molecule has 1 N–H and O–H groups in total. The number of amides is 1. The Morgan fingerprint density at radius 2 is 1.86 bits per heavy atom. The van der Waals surface area contributed by atoms with Crippen molar-refractivity contribution in [2.24, 2.45) is 0 Å². The van der Waals surface area contributed by atoms with Crippen molar-refractivity contribution in [1.82, 2.24) is 4.90 Å². The van der Waals surface area contributed by atoms with Gasteiger partial charge in [0.2, 0.25) is 0 Å². The van der Waals surface area contributed by atoms with E-state index in [1.165, 1.54) is 12.8 Å². The van der Waals surface area contributed by atoms with Crippen molar-refractivity contribution >= 4 is 6.09 Å². The number of carbonyl (C=O) groups is 1. The van der Waals surface area contributed by atoms with Gasteiger partial charge in [-0.1, -0.05) is 56.0 Å². The number of rotatable bonds is 2. The Balaban J connectivity index is 1.67. The summed E-state index contributed by atoms with van der Waals surface area (Å²) in [5, 5.41) is 10.5. The molecule has 1 unspecified atom stereocenters. The van der Waals surface area contributed by atoms with Gasteiger partial charge in [0.25, 0.3) is 0 Å². The summed E-state index contributed by atoms with van der Waals surface area (Å²) in [7, 11) is 0. The average Bonchev–Trinajstić information content (AvgIpc) is 2.73. The first-order valence-electron chi connectivity index (χ1n) is 8.39. The van der Waals surface area contributed by atoms with Crippen molar-refractivity contribution in [2.75, 3.05) is 6.54 Å². The second kappa shape index (κ2) is 6.69. The molecular weight excluding hydrogens is 278 g/mol. The number of likely N-dealkylation sites (tertiary alicyclic amines) is 1. The number of nitrogens with zero attached hydrogens (tertiary/aromatic N) is 1. The molecule has 2 aliphatic rings. The van der Waals surface area contributed by atoms with Gasteiger partial charge in [-0.3, -0.25) is 4.90 Å². The lowest BCUT2D eigenvalue weighted by Crippen LogP contribution is -2.52. The van der Waals surface area contributed by atoms with Crippen molar-refractivity contribution in [1.29, 1.82) is 0 Å². The zero-order valence-electron chi connectivity index (χ0n) is 13.0. The molecule has 1 saturated heterocycles. The Kier molecular flexibility index (Phi) is 4.67. The van der Waals surface area contributed by atoms with Crippen LogP contribution in [0.1, 0.15) is 50.5 Å². The molecule has 4 heteroatoms. The fraction of sp³-hybridized carbons (Fsp3) is 0.611. The molecule has 0 aromatic heterocycles. The summed E-state index contributed by atoms with van der Waals surface area (Å²) in [5.74, 6) is 0. The fourth-order valence-electron chi connectivity index (χ4n) is 3.94. The highest BCUT2D eigenvalue weighted by molar-refractivity contribution is 5.69. The molecule has 1 atom stereocenters. The van der Waals surface area contributed by atoms with Gasteiger partial charge in [-0.2, -0.15) is 0 Å². The van der Waals surface area contributed by atoms with Crippen LogP contribution >= 0.6 is 0 Å². The van der Waals surface area contributed by atoms with Crippen LogP contribution in [-0.4, -0.2) is 34.3 Å². The first kappa shape index (κ1) is 15.3. The standard InChI is InChI=1S/C18H25NO3/c20-16-10-13-19(18(16)11-6-1-2-7-12-18)17(21)22-14-15-8-4-3-5-9-15/h3-5,8-9,16,20H,1-2,6-7,10-14H2. The van der Waals surface area contributed by atoms with E-state index in [2.05, 4.69) is 0 Å². The van der Waals surface area contributed by atoms with Crippen LogP contribution < -0.4 is 0 Å². The third kappa shape index (κ3) is 2.98. The molecule has 1 aromatic rings. The Labute approximate surface area is 132 Å². The second-order valence-electron chi connectivity index (χ2n) is 6.51. The van der Waals surface area contributed by atoms with Crippen molar-refractivity contribution in [3.05, 3.63) is 35.9 Å². The van der Waals surface area contributed by atoms with Crippen molar-refractivity contribution in [3.63, 3.8) is 0 Å². The Morgan fingerprint density at radius 3 is 2.55 bits per heavy atom. The smallest absolute Gasteiger partial charge is 0.410 e. The van der Waals surface area contributed by atoms with Gasteiger partial charge >= 0.3 is 6.09 Å². The summed E-state index contributed by atoms with van der Waals surface area (Å²) in [6.07, 6.45) is 6.34. The van der Waals surface area contributed by atoms with E-state index in [1.807, 2.05) is 35.2 Å². The minimum Gasteiger partial charge on any atom is -0.445 e. The molecule has 4 nitrogen and oxygen atoms in total. The van der Waals surface area contributed by atoms with Crippen LogP contribution in [0.25, 0.3) is 0 Å². The van der Waals surface area contributed by atoms with Gasteiger partial charge in [-0.25, -0.2) is 4.79 Å². The molecule has 1 aromatic carbocycles. The summed E-state index contributed by atoms with van der Waals surface area (Å²) in [6.45, 7) is 0.900. The molecular formula is C18H25NO3. The minimum atomic E-state index is -0.408. The number of benzene rings is 1. The first-order chi connectivity index (χ1) is 10.7. The molecule has 1 aliphatic carbocycles. The lowest BCUT2D eigenvalue weighted by molar-refractivity contribution is 0.00720. The van der Waals surface area contributed by atoms with E-state index in [0.717, 1.165) is 31.2 Å². The minimum absolute atomic E-state index is 0.276. The van der Waals surface area contributed by atoms with E-state index in [1.54, 1.807) is 0 Å². The summed E-state index contributed by atoms with van der Waals surface area (Å²) in [5.41, 5.74) is 0.607. The van der Waals surface area contributed by atoms with E-state index < -0.39 is 6.10 Å². The number of aliphatic hydroxyl groups is 1. The van der Waals surface area contributed by atoms with Crippen molar-refractivity contribution in [2.45, 2.75) is 63.2 Å². The zero-order valence-corrected chi connectivity index (χ0v) is 13.0. The Bertz CT molecular complexity index is 494.